The van der Waals surface area contributed by atoms with Crippen LogP contribution in [0.3, 0.4) is 0 Å². The fourth-order valence-corrected chi connectivity index (χ4v) is 1.85. The summed E-state index contributed by atoms with van der Waals surface area (Å²) in [5, 5.41) is 3.01. The normalized spacial score (nSPS) is 28.5. The van der Waals surface area contributed by atoms with Crippen molar-refractivity contribution in [2.45, 2.75) is 51.2 Å². The van der Waals surface area contributed by atoms with Gasteiger partial charge < -0.3 is 10.1 Å². The van der Waals surface area contributed by atoms with Gasteiger partial charge in [0.2, 0.25) is 5.91 Å². The molecule has 1 saturated carbocycles. The molecule has 0 spiro atoms. The second-order valence-corrected chi connectivity index (χ2v) is 3.59. The van der Waals surface area contributed by atoms with Crippen LogP contribution in [-0.4, -0.2) is 25.2 Å². The third kappa shape index (κ3) is 2.99. The summed E-state index contributed by atoms with van der Waals surface area (Å²) in [6, 6.07) is 0.242. The zero-order valence-corrected chi connectivity index (χ0v) is 8.51. The summed E-state index contributed by atoms with van der Waals surface area (Å²) in [6.07, 6.45) is 5.35. The predicted octanol–water partition coefficient (Wildman–Crippen LogP) is 1.47. The maximum atomic E-state index is 11.2. The van der Waals surface area contributed by atoms with Crippen LogP contribution in [0.4, 0.5) is 0 Å². The van der Waals surface area contributed by atoms with E-state index in [2.05, 4.69) is 5.32 Å². The van der Waals surface area contributed by atoms with Gasteiger partial charge in [0.15, 0.2) is 0 Å². The summed E-state index contributed by atoms with van der Waals surface area (Å²) in [7, 11) is 1.72. The van der Waals surface area contributed by atoms with Crippen molar-refractivity contribution in [2.24, 2.45) is 0 Å². The van der Waals surface area contributed by atoms with Gasteiger partial charge in [0.1, 0.15) is 0 Å². The van der Waals surface area contributed by atoms with Crippen LogP contribution < -0.4 is 5.32 Å². The van der Waals surface area contributed by atoms with Crippen molar-refractivity contribution in [1.29, 1.82) is 0 Å². The largest absolute Gasteiger partial charge is 0.379 e. The first kappa shape index (κ1) is 10.5. The summed E-state index contributed by atoms with van der Waals surface area (Å²) >= 11 is 0. The molecule has 1 aliphatic rings. The molecule has 0 aromatic carbocycles. The molecule has 3 heteroatoms. The van der Waals surface area contributed by atoms with Crippen molar-refractivity contribution in [3.8, 4) is 0 Å². The summed E-state index contributed by atoms with van der Waals surface area (Å²) in [6.45, 7) is 1.87. The molecule has 0 aromatic rings. The Hall–Kier alpha value is -0.570. The minimum Gasteiger partial charge on any atom is -0.379 e. The molecule has 3 nitrogen and oxygen atoms in total. The van der Waals surface area contributed by atoms with E-state index in [1.807, 2.05) is 6.92 Å². The Morgan fingerprint density at radius 1 is 1.46 bits per heavy atom. The van der Waals surface area contributed by atoms with Gasteiger partial charge in [-0.2, -0.15) is 0 Å². The highest BCUT2D eigenvalue weighted by molar-refractivity contribution is 5.75. The lowest BCUT2D eigenvalue weighted by atomic mass is 9.92. The highest BCUT2D eigenvalue weighted by Gasteiger charge is 2.25. The molecule has 1 N–H and O–H groups in total. The topological polar surface area (TPSA) is 38.3 Å². The summed E-state index contributed by atoms with van der Waals surface area (Å²) in [4.78, 5) is 11.2. The zero-order chi connectivity index (χ0) is 9.68. The molecule has 0 aromatic heterocycles. The number of nitrogens with one attached hydrogen (secondary N) is 1. The SMILES string of the molecule is CCC(=O)N[C@@H]1CCCC[C@H]1OC. The highest BCUT2D eigenvalue weighted by atomic mass is 16.5. The molecule has 1 fully saturated rings. The molecular weight excluding hydrogens is 166 g/mol. The van der Waals surface area contributed by atoms with Crippen LogP contribution in [0.5, 0.6) is 0 Å². The van der Waals surface area contributed by atoms with Gasteiger partial charge in [0.05, 0.1) is 12.1 Å². The predicted molar refractivity (Wildman–Crippen MR) is 51.5 cm³/mol. The van der Waals surface area contributed by atoms with Crippen LogP contribution in [0.25, 0.3) is 0 Å². The van der Waals surface area contributed by atoms with Crippen LogP contribution in [0.15, 0.2) is 0 Å². The van der Waals surface area contributed by atoms with Crippen molar-refractivity contribution < 1.29 is 9.53 Å². The van der Waals surface area contributed by atoms with Gasteiger partial charge in [-0.3, -0.25) is 4.79 Å². The minimum atomic E-state index is 0.133. The first-order valence-electron chi connectivity index (χ1n) is 5.10. The molecule has 1 aliphatic carbocycles. The van der Waals surface area contributed by atoms with E-state index < -0.39 is 0 Å². The molecule has 1 amide bonds. The number of amides is 1. The molecule has 0 unspecified atom stereocenters. The fourth-order valence-electron chi connectivity index (χ4n) is 1.85. The average Bonchev–Trinajstić information content (AvgIpc) is 2.18. The van der Waals surface area contributed by atoms with E-state index in [-0.39, 0.29) is 18.1 Å². The Bertz CT molecular complexity index is 170. The summed E-state index contributed by atoms with van der Waals surface area (Å²) < 4.78 is 5.33. The third-order valence-corrected chi connectivity index (χ3v) is 2.67. The van der Waals surface area contributed by atoms with Crippen molar-refractivity contribution in [3.63, 3.8) is 0 Å². The summed E-state index contributed by atoms with van der Waals surface area (Å²) in [5.41, 5.74) is 0. The van der Waals surface area contributed by atoms with Crippen LogP contribution >= 0.6 is 0 Å². The Kier molecular flexibility index (Phi) is 4.22. The van der Waals surface area contributed by atoms with Gasteiger partial charge in [0, 0.05) is 13.5 Å². The first-order valence-corrected chi connectivity index (χ1v) is 5.10. The molecular formula is C10H19NO2. The molecule has 13 heavy (non-hydrogen) atoms. The molecule has 0 radical (unpaired) electrons. The average molecular weight is 185 g/mol. The van der Waals surface area contributed by atoms with Gasteiger partial charge in [0.25, 0.3) is 0 Å². The molecule has 0 saturated heterocycles. The summed E-state index contributed by atoms with van der Waals surface area (Å²) in [5.74, 6) is 0.133. The minimum absolute atomic E-state index is 0.133. The fraction of sp³-hybridized carbons (Fsp3) is 0.900. The molecule has 0 aliphatic heterocycles. The number of carbonyl (C=O) groups is 1. The Morgan fingerprint density at radius 2 is 2.15 bits per heavy atom. The lowest BCUT2D eigenvalue weighted by Crippen LogP contribution is -2.45. The lowest BCUT2D eigenvalue weighted by molar-refractivity contribution is -0.123. The molecule has 0 bridgehead atoms. The number of hydrogen-bond acceptors (Lipinski definition) is 2. The smallest absolute Gasteiger partial charge is 0.220 e. The van der Waals surface area contributed by atoms with Crippen molar-refractivity contribution in [1.82, 2.24) is 5.32 Å². The Labute approximate surface area is 79.8 Å². The van der Waals surface area contributed by atoms with E-state index in [1.54, 1.807) is 7.11 Å². The van der Waals surface area contributed by atoms with E-state index in [0.29, 0.717) is 6.42 Å². The Balaban J connectivity index is 2.40. The third-order valence-electron chi connectivity index (χ3n) is 2.67. The second kappa shape index (κ2) is 5.22. The van der Waals surface area contributed by atoms with Gasteiger partial charge in [-0.25, -0.2) is 0 Å². The quantitative estimate of drug-likeness (QED) is 0.723. The molecule has 76 valence electrons. The van der Waals surface area contributed by atoms with Gasteiger partial charge in [-0.05, 0) is 12.8 Å². The van der Waals surface area contributed by atoms with Crippen molar-refractivity contribution in [3.05, 3.63) is 0 Å². The standard InChI is InChI=1S/C10H19NO2/c1-3-10(12)11-8-6-4-5-7-9(8)13-2/h8-9H,3-7H2,1-2H3,(H,11,12)/t8-,9-/m1/s1. The van der Waals surface area contributed by atoms with Crippen LogP contribution in [-0.2, 0) is 9.53 Å². The van der Waals surface area contributed by atoms with Crippen molar-refractivity contribution in [2.75, 3.05) is 7.11 Å². The van der Waals surface area contributed by atoms with Crippen LogP contribution in [0, 0.1) is 0 Å². The van der Waals surface area contributed by atoms with E-state index in [9.17, 15) is 4.79 Å². The molecule has 0 heterocycles. The zero-order valence-electron chi connectivity index (χ0n) is 8.51. The van der Waals surface area contributed by atoms with Gasteiger partial charge in [-0.15, -0.1) is 0 Å². The van der Waals surface area contributed by atoms with Gasteiger partial charge in [-0.1, -0.05) is 19.8 Å². The van der Waals surface area contributed by atoms with E-state index in [1.165, 1.54) is 12.8 Å². The maximum Gasteiger partial charge on any atom is 0.220 e. The monoisotopic (exact) mass is 185 g/mol. The maximum absolute atomic E-state index is 11.2. The molecule has 1 rings (SSSR count). The van der Waals surface area contributed by atoms with Crippen molar-refractivity contribution >= 4 is 5.91 Å². The number of methoxy groups -OCH3 is 1. The molecule has 2 atom stereocenters. The first-order chi connectivity index (χ1) is 6.27. The second-order valence-electron chi connectivity index (χ2n) is 3.59. The van der Waals surface area contributed by atoms with E-state index >= 15 is 0 Å². The van der Waals surface area contributed by atoms with E-state index in [4.69, 9.17) is 4.74 Å². The Morgan fingerprint density at radius 3 is 2.77 bits per heavy atom. The number of carbonyl (C=O) groups excluding carboxylic acids is 1. The highest BCUT2D eigenvalue weighted by Crippen LogP contribution is 2.20. The van der Waals surface area contributed by atoms with Crippen LogP contribution in [0.2, 0.25) is 0 Å². The number of rotatable bonds is 3. The lowest BCUT2D eigenvalue weighted by Gasteiger charge is -2.30. The van der Waals surface area contributed by atoms with Gasteiger partial charge >= 0.3 is 0 Å². The number of ether oxygens (including phenoxy) is 1. The number of hydrogen-bond donors (Lipinski definition) is 1. The van der Waals surface area contributed by atoms with Crippen LogP contribution in [0.1, 0.15) is 39.0 Å². The van der Waals surface area contributed by atoms with E-state index in [0.717, 1.165) is 12.8 Å².